The van der Waals surface area contributed by atoms with Gasteiger partial charge in [0.1, 0.15) is 6.04 Å². The van der Waals surface area contributed by atoms with E-state index in [-0.39, 0.29) is 17.4 Å². The molecular formula is C14H30N2O2. The van der Waals surface area contributed by atoms with Crippen LogP contribution in [0.15, 0.2) is 0 Å². The Labute approximate surface area is 112 Å². The fraction of sp³-hybridized carbons (Fsp3) is 0.929. The van der Waals surface area contributed by atoms with Gasteiger partial charge in [-0.2, -0.15) is 0 Å². The summed E-state index contributed by atoms with van der Waals surface area (Å²) in [7, 11) is 3.50. The van der Waals surface area contributed by atoms with Gasteiger partial charge in [0, 0.05) is 12.6 Å². The maximum atomic E-state index is 11.7. The Bertz CT molecular complexity index is 249. The zero-order chi connectivity index (χ0) is 14.3. The molecule has 18 heavy (non-hydrogen) atoms. The van der Waals surface area contributed by atoms with E-state index in [0.29, 0.717) is 12.6 Å². The molecule has 0 aliphatic rings. The van der Waals surface area contributed by atoms with Crippen molar-refractivity contribution in [2.75, 3.05) is 27.2 Å². The minimum atomic E-state index is -0.246. The van der Waals surface area contributed by atoms with E-state index in [1.165, 1.54) is 7.11 Å². The Kier molecular flexibility index (Phi) is 7.48. The molecule has 0 aliphatic heterocycles. The summed E-state index contributed by atoms with van der Waals surface area (Å²) in [5, 5.41) is 3.24. The lowest BCUT2D eigenvalue weighted by Crippen LogP contribution is -2.50. The van der Waals surface area contributed by atoms with Gasteiger partial charge in [-0.3, -0.25) is 4.79 Å². The van der Waals surface area contributed by atoms with Crippen LogP contribution in [0.2, 0.25) is 0 Å². The van der Waals surface area contributed by atoms with E-state index in [9.17, 15) is 4.79 Å². The van der Waals surface area contributed by atoms with Crippen LogP contribution in [0, 0.1) is 5.41 Å². The second-order valence-corrected chi connectivity index (χ2v) is 6.01. The lowest BCUT2D eigenvalue weighted by Gasteiger charge is -2.36. The Balaban J connectivity index is 4.52. The molecule has 0 aromatic heterocycles. The Morgan fingerprint density at radius 1 is 1.39 bits per heavy atom. The predicted molar refractivity (Wildman–Crippen MR) is 75.6 cm³/mol. The lowest BCUT2D eigenvalue weighted by atomic mass is 9.87. The van der Waals surface area contributed by atoms with E-state index in [2.05, 4.69) is 51.9 Å². The van der Waals surface area contributed by atoms with E-state index in [1.54, 1.807) is 0 Å². The minimum Gasteiger partial charge on any atom is -0.468 e. The van der Waals surface area contributed by atoms with Gasteiger partial charge in [-0.25, -0.2) is 0 Å². The highest BCUT2D eigenvalue weighted by Crippen LogP contribution is 2.23. The number of hydrogen-bond donors (Lipinski definition) is 1. The average molecular weight is 258 g/mol. The number of nitrogens with one attached hydrogen (secondary N) is 1. The number of nitrogens with zero attached hydrogens (tertiary/aromatic N) is 1. The monoisotopic (exact) mass is 258 g/mol. The van der Waals surface area contributed by atoms with E-state index in [1.807, 2.05) is 0 Å². The zero-order valence-electron chi connectivity index (χ0n) is 13.0. The SMILES string of the molecule is CCCNC(CN(C)C(C)C(C)(C)C)C(=O)OC. The maximum Gasteiger partial charge on any atom is 0.324 e. The topological polar surface area (TPSA) is 41.6 Å². The van der Waals surface area contributed by atoms with Crippen molar-refractivity contribution in [3.8, 4) is 0 Å². The Morgan fingerprint density at radius 3 is 2.33 bits per heavy atom. The van der Waals surface area contributed by atoms with Crippen molar-refractivity contribution in [3.63, 3.8) is 0 Å². The molecule has 0 radical (unpaired) electrons. The molecule has 0 amide bonds. The lowest BCUT2D eigenvalue weighted by molar-refractivity contribution is -0.143. The predicted octanol–water partition coefficient (Wildman–Crippen LogP) is 1.89. The number of ether oxygens (including phenoxy) is 1. The zero-order valence-corrected chi connectivity index (χ0v) is 13.0. The highest BCUT2D eigenvalue weighted by molar-refractivity contribution is 5.75. The summed E-state index contributed by atoms with van der Waals surface area (Å²) in [6.45, 7) is 12.4. The third kappa shape index (κ3) is 5.83. The summed E-state index contributed by atoms with van der Waals surface area (Å²) in [5.41, 5.74) is 0.195. The molecule has 0 spiro atoms. The van der Waals surface area contributed by atoms with Crippen LogP contribution in [-0.2, 0) is 9.53 Å². The van der Waals surface area contributed by atoms with Crippen molar-refractivity contribution in [1.82, 2.24) is 10.2 Å². The van der Waals surface area contributed by atoms with Gasteiger partial charge in [-0.05, 0) is 32.4 Å². The summed E-state index contributed by atoms with van der Waals surface area (Å²) in [6, 6.07) is 0.151. The van der Waals surface area contributed by atoms with Crippen LogP contribution in [0.1, 0.15) is 41.0 Å². The van der Waals surface area contributed by atoms with Crippen molar-refractivity contribution in [2.45, 2.75) is 53.1 Å². The number of hydrogen-bond acceptors (Lipinski definition) is 4. The Hall–Kier alpha value is -0.610. The average Bonchev–Trinajstić information content (AvgIpc) is 2.30. The van der Waals surface area contributed by atoms with Crippen LogP contribution in [0.3, 0.4) is 0 Å². The van der Waals surface area contributed by atoms with Crippen LogP contribution in [0.5, 0.6) is 0 Å². The second-order valence-electron chi connectivity index (χ2n) is 6.01. The van der Waals surface area contributed by atoms with Crippen molar-refractivity contribution < 1.29 is 9.53 Å². The smallest absolute Gasteiger partial charge is 0.324 e. The van der Waals surface area contributed by atoms with Crippen LogP contribution < -0.4 is 5.32 Å². The number of methoxy groups -OCH3 is 1. The first-order valence-electron chi connectivity index (χ1n) is 6.75. The van der Waals surface area contributed by atoms with Crippen LogP contribution in [0.25, 0.3) is 0 Å². The molecule has 0 saturated heterocycles. The molecule has 0 heterocycles. The highest BCUT2D eigenvalue weighted by atomic mass is 16.5. The van der Waals surface area contributed by atoms with Gasteiger partial charge in [0.2, 0.25) is 0 Å². The molecule has 0 aromatic rings. The van der Waals surface area contributed by atoms with Gasteiger partial charge in [0.25, 0.3) is 0 Å². The van der Waals surface area contributed by atoms with Crippen LogP contribution >= 0.6 is 0 Å². The van der Waals surface area contributed by atoms with Crippen molar-refractivity contribution in [1.29, 1.82) is 0 Å². The number of rotatable bonds is 7. The molecule has 2 atom stereocenters. The van der Waals surface area contributed by atoms with E-state index in [4.69, 9.17) is 4.74 Å². The normalized spacial score (nSPS) is 15.6. The summed E-state index contributed by atoms with van der Waals surface area (Å²) in [5.74, 6) is -0.184. The van der Waals surface area contributed by atoms with E-state index >= 15 is 0 Å². The van der Waals surface area contributed by atoms with Gasteiger partial charge in [-0.1, -0.05) is 27.7 Å². The molecule has 0 fully saturated rings. The molecule has 0 saturated carbocycles. The molecule has 4 nitrogen and oxygen atoms in total. The van der Waals surface area contributed by atoms with E-state index < -0.39 is 0 Å². The van der Waals surface area contributed by atoms with Crippen molar-refractivity contribution in [3.05, 3.63) is 0 Å². The molecule has 0 aromatic carbocycles. The van der Waals surface area contributed by atoms with Gasteiger partial charge in [-0.15, -0.1) is 0 Å². The minimum absolute atomic E-state index is 0.184. The molecule has 0 bridgehead atoms. The molecule has 0 aliphatic carbocycles. The number of esters is 1. The molecule has 108 valence electrons. The fourth-order valence-electron chi connectivity index (χ4n) is 1.79. The second kappa shape index (κ2) is 7.74. The number of likely N-dealkylation sites (N-methyl/N-ethyl adjacent to an activating group) is 1. The molecule has 1 N–H and O–H groups in total. The van der Waals surface area contributed by atoms with Gasteiger partial charge in [0.05, 0.1) is 7.11 Å². The first-order valence-corrected chi connectivity index (χ1v) is 6.75. The quantitative estimate of drug-likeness (QED) is 0.708. The standard InChI is InChI=1S/C14H30N2O2/c1-8-9-15-12(13(17)18-7)10-16(6)11(2)14(3,4)5/h11-12,15H,8-10H2,1-7H3. The van der Waals surface area contributed by atoms with Crippen molar-refractivity contribution in [2.24, 2.45) is 5.41 Å². The summed E-state index contributed by atoms with van der Waals surface area (Å²) < 4.78 is 4.85. The summed E-state index contributed by atoms with van der Waals surface area (Å²) in [6.07, 6.45) is 1.01. The van der Waals surface area contributed by atoms with Crippen molar-refractivity contribution >= 4 is 5.97 Å². The largest absolute Gasteiger partial charge is 0.468 e. The van der Waals surface area contributed by atoms with Gasteiger partial charge < -0.3 is 15.0 Å². The van der Waals surface area contributed by atoms with Gasteiger partial charge >= 0.3 is 5.97 Å². The number of carbonyl (C=O) groups is 1. The van der Waals surface area contributed by atoms with Crippen LogP contribution in [0.4, 0.5) is 0 Å². The van der Waals surface area contributed by atoms with Gasteiger partial charge in [0.15, 0.2) is 0 Å². The van der Waals surface area contributed by atoms with Crippen LogP contribution in [-0.4, -0.2) is 50.2 Å². The van der Waals surface area contributed by atoms with E-state index in [0.717, 1.165) is 13.0 Å². The maximum absolute atomic E-state index is 11.7. The first-order chi connectivity index (χ1) is 8.23. The third-order valence-corrected chi connectivity index (χ3v) is 3.51. The summed E-state index contributed by atoms with van der Waals surface area (Å²) in [4.78, 5) is 13.9. The molecule has 0 rings (SSSR count). The highest BCUT2D eigenvalue weighted by Gasteiger charge is 2.28. The Morgan fingerprint density at radius 2 is 1.94 bits per heavy atom. The molecular weight excluding hydrogens is 228 g/mol. The number of carbonyl (C=O) groups excluding carboxylic acids is 1. The summed E-state index contributed by atoms with van der Waals surface area (Å²) >= 11 is 0. The fourth-order valence-corrected chi connectivity index (χ4v) is 1.79. The molecule has 2 unspecified atom stereocenters. The first kappa shape index (κ1) is 17.4. The third-order valence-electron chi connectivity index (χ3n) is 3.51. The molecule has 4 heteroatoms.